The summed E-state index contributed by atoms with van der Waals surface area (Å²) in [6.45, 7) is 0. The first-order valence-corrected chi connectivity index (χ1v) is 7.53. The molecule has 2 rings (SSSR count). The Hall–Kier alpha value is 0.0200. The third kappa shape index (κ3) is 4.58. The van der Waals surface area contributed by atoms with Gasteiger partial charge in [-0.1, -0.05) is 32.1 Å². The number of hydrogen-bond acceptors (Lipinski definition) is 2. The van der Waals surface area contributed by atoms with Crippen molar-refractivity contribution in [1.29, 1.82) is 0 Å². The highest BCUT2D eigenvalue weighted by molar-refractivity contribution is 8.00. The summed E-state index contributed by atoms with van der Waals surface area (Å²) >= 11 is 1.93. The molecule has 0 aromatic carbocycles. The maximum atomic E-state index is 11.6. The van der Waals surface area contributed by atoms with Crippen molar-refractivity contribution in [3.05, 3.63) is 0 Å². The largest absolute Gasteiger partial charge is 0.299 e. The Bertz CT molecular complexity index is 205. The van der Waals surface area contributed by atoms with Crippen molar-refractivity contribution in [2.75, 3.05) is 5.75 Å². The summed E-state index contributed by atoms with van der Waals surface area (Å²) in [6, 6.07) is 0. The molecule has 0 aromatic heterocycles. The van der Waals surface area contributed by atoms with Gasteiger partial charge in [0.2, 0.25) is 0 Å². The van der Waals surface area contributed by atoms with Gasteiger partial charge in [0.25, 0.3) is 0 Å². The van der Waals surface area contributed by atoms with Crippen molar-refractivity contribution in [3.63, 3.8) is 0 Å². The van der Waals surface area contributed by atoms with E-state index in [-0.39, 0.29) is 0 Å². The van der Waals surface area contributed by atoms with Gasteiger partial charge in [-0.25, -0.2) is 0 Å². The molecular formula is C13H22OS. The number of Topliss-reactive ketones (excluding diaryl/α,β-unsaturated/α-hetero) is 1. The van der Waals surface area contributed by atoms with Gasteiger partial charge in [0, 0.05) is 11.7 Å². The molecular weight excluding hydrogens is 204 g/mol. The molecule has 2 heteroatoms. The summed E-state index contributed by atoms with van der Waals surface area (Å²) in [5.41, 5.74) is 0. The van der Waals surface area contributed by atoms with Crippen LogP contribution in [0.2, 0.25) is 0 Å². The Balaban J connectivity index is 1.53. The fourth-order valence-electron chi connectivity index (χ4n) is 2.29. The van der Waals surface area contributed by atoms with Gasteiger partial charge in [0.15, 0.2) is 0 Å². The summed E-state index contributed by atoms with van der Waals surface area (Å²) < 4.78 is 0. The molecule has 1 nitrogen and oxygen atoms in total. The Morgan fingerprint density at radius 2 is 1.80 bits per heavy atom. The summed E-state index contributed by atoms with van der Waals surface area (Å²) in [6.07, 6.45) is 11.6. The molecule has 0 spiro atoms. The van der Waals surface area contributed by atoms with Crippen molar-refractivity contribution in [3.8, 4) is 0 Å². The molecule has 0 bridgehead atoms. The molecule has 0 atom stereocenters. The van der Waals surface area contributed by atoms with Gasteiger partial charge in [-0.15, -0.1) is 0 Å². The van der Waals surface area contributed by atoms with Crippen LogP contribution < -0.4 is 0 Å². The van der Waals surface area contributed by atoms with Crippen molar-refractivity contribution >= 4 is 17.5 Å². The fraction of sp³-hybridized carbons (Fsp3) is 0.923. The standard InChI is InChI=1S/C13H22OS/c14-12(9-8-11-6-7-11)10-15-13-4-2-1-3-5-13/h11,13H,1-10H2. The highest BCUT2D eigenvalue weighted by atomic mass is 32.2. The predicted octanol–water partition coefficient (Wildman–Crippen LogP) is 3.81. The van der Waals surface area contributed by atoms with Crippen molar-refractivity contribution in [1.82, 2.24) is 0 Å². The minimum atomic E-state index is 0.498. The molecule has 0 radical (unpaired) electrons. The average molecular weight is 226 g/mol. The van der Waals surface area contributed by atoms with E-state index in [1.54, 1.807) is 0 Å². The number of rotatable bonds is 6. The Labute approximate surface area is 97.4 Å². The molecule has 0 aliphatic heterocycles. The first-order chi connectivity index (χ1) is 7.34. The number of carbonyl (C=O) groups excluding carboxylic acids is 1. The third-order valence-corrected chi connectivity index (χ3v) is 4.99. The monoisotopic (exact) mass is 226 g/mol. The normalized spacial score (nSPS) is 22.9. The molecule has 0 heterocycles. The summed E-state index contributed by atoms with van der Waals surface area (Å²) in [4.78, 5) is 11.6. The van der Waals surface area contributed by atoms with Gasteiger partial charge in [-0.2, -0.15) is 11.8 Å². The molecule has 0 saturated heterocycles. The van der Waals surface area contributed by atoms with Crippen LogP contribution in [0.1, 0.15) is 57.8 Å². The number of hydrogen-bond donors (Lipinski definition) is 0. The predicted molar refractivity (Wildman–Crippen MR) is 66.3 cm³/mol. The van der Waals surface area contributed by atoms with Gasteiger partial charge >= 0.3 is 0 Å². The van der Waals surface area contributed by atoms with E-state index in [1.165, 1.54) is 51.4 Å². The van der Waals surface area contributed by atoms with E-state index in [0.29, 0.717) is 5.78 Å². The molecule has 0 amide bonds. The van der Waals surface area contributed by atoms with E-state index in [1.807, 2.05) is 11.8 Å². The molecule has 0 unspecified atom stereocenters. The first kappa shape index (κ1) is 11.5. The van der Waals surface area contributed by atoms with Crippen molar-refractivity contribution in [2.24, 2.45) is 5.92 Å². The third-order valence-electron chi connectivity index (χ3n) is 3.56. The topological polar surface area (TPSA) is 17.1 Å². The van der Waals surface area contributed by atoms with Gasteiger partial charge < -0.3 is 0 Å². The van der Waals surface area contributed by atoms with Gasteiger partial charge in [0.1, 0.15) is 5.78 Å². The smallest absolute Gasteiger partial charge is 0.142 e. The average Bonchev–Trinajstić information content (AvgIpc) is 3.09. The zero-order valence-corrected chi connectivity index (χ0v) is 10.4. The number of carbonyl (C=O) groups is 1. The molecule has 2 fully saturated rings. The van der Waals surface area contributed by atoms with E-state index in [9.17, 15) is 4.79 Å². The number of thioether (sulfide) groups is 1. The van der Waals surface area contributed by atoms with Crippen LogP contribution in [0.5, 0.6) is 0 Å². The van der Waals surface area contributed by atoms with Gasteiger partial charge in [-0.3, -0.25) is 4.79 Å². The molecule has 15 heavy (non-hydrogen) atoms. The van der Waals surface area contributed by atoms with Crippen LogP contribution in [0.15, 0.2) is 0 Å². The highest BCUT2D eigenvalue weighted by Crippen LogP contribution is 2.34. The van der Waals surface area contributed by atoms with Crippen LogP contribution >= 0.6 is 11.8 Å². The maximum absolute atomic E-state index is 11.6. The molecule has 86 valence electrons. The lowest BCUT2D eigenvalue weighted by molar-refractivity contribution is -0.116. The summed E-state index contributed by atoms with van der Waals surface area (Å²) in [5, 5.41) is 0.795. The minimum absolute atomic E-state index is 0.498. The molecule has 2 aliphatic rings. The van der Waals surface area contributed by atoms with Crippen LogP contribution in [0.3, 0.4) is 0 Å². The van der Waals surface area contributed by atoms with E-state index >= 15 is 0 Å². The van der Waals surface area contributed by atoms with E-state index in [4.69, 9.17) is 0 Å². The zero-order valence-electron chi connectivity index (χ0n) is 9.54. The molecule has 2 saturated carbocycles. The van der Waals surface area contributed by atoms with Gasteiger partial charge in [0.05, 0.1) is 5.75 Å². The van der Waals surface area contributed by atoms with Crippen LogP contribution in [0.4, 0.5) is 0 Å². The molecule has 0 aromatic rings. The second-order valence-corrected chi connectivity index (χ2v) is 6.38. The second-order valence-electron chi connectivity index (χ2n) is 5.09. The summed E-state index contributed by atoms with van der Waals surface area (Å²) in [7, 11) is 0. The van der Waals surface area contributed by atoms with E-state index in [2.05, 4.69) is 0 Å². The minimum Gasteiger partial charge on any atom is -0.299 e. The highest BCUT2D eigenvalue weighted by Gasteiger charge is 2.22. The van der Waals surface area contributed by atoms with Crippen LogP contribution in [0.25, 0.3) is 0 Å². The van der Waals surface area contributed by atoms with Crippen LogP contribution in [-0.4, -0.2) is 16.8 Å². The second kappa shape index (κ2) is 5.93. The Kier molecular flexibility index (Phi) is 4.55. The quantitative estimate of drug-likeness (QED) is 0.685. The maximum Gasteiger partial charge on any atom is 0.142 e. The van der Waals surface area contributed by atoms with Crippen LogP contribution in [-0.2, 0) is 4.79 Å². The van der Waals surface area contributed by atoms with Gasteiger partial charge in [-0.05, 0) is 25.2 Å². The molecule has 0 N–H and O–H groups in total. The Morgan fingerprint density at radius 1 is 1.07 bits per heavy atom. The van der Waals surface area contributed by atoms with E-state index < -0.39 is 0 Å². The lowest BCUT2D eigenvalue weighted by Crippen LogP contribution is -2.12. The lowest BCUT2D eigenvalue weighted by Gasteiger charge is -2.20. The zero-order chi connectivity index (χ0) is 10.5. The summed E-state index contributed by atoms with van der Waals surface area (Å²) in [5.74, 6) is 2.20. The van der Waals surface area contributed by atoms with Crippen molar-refractivity contribution in [2.45, 2.75) is 63.0 Å². The first-order valence-electron chi connectivity index (χ1n) is 6.48. The SMILES string of the molecule is O=C(CCC1CC1)CSC1CCCCC1. The van der Waals surface area contributed by atoms with E-state index in [0.717, 1.165) is 23.3 Å². The molecule has 2 aliphatic carbocycles. The Morgan fingerprint density at radius 3 is 2.47 bits per heavy atom. The number of ketones is 1. The van der Waals surface area contributed by atoms with Crippen LogP contribution in [0, 0.1) is 5.92 Å². The fourth-order valence-corrected chi connectivity index (χ4v) is 3.52. The lowest BCUT2D eigenvalue weighted by atomic mass is 10.0. The van der Waals surface area contributed by atoms with Crippen molar-refractivity contribution < 1.29 is 4.79 Å².